The number of piperidine rings is 2. The number of benzene rings is 2. The third-order valence-corrected chi connectivity index (χ3v) is 14.8. The molecule has 0 amide bonds. The van der Waals surface area contributed by atoms with Crippen molar-refractivity contribution in [1.82, 2.24) is 9.80 Å². The van der Waals surface area contributed by atoms with E-state index in [0.29, 0.717) is 43.6 Å². The average molecular weight is 695 g/mol. The van der Waals surface area contributed by atoms with Crippen molar-refractivity contribution in [3.05, 3.63) is 46.5 Å². The fraction of sp³-hybridized carbons (Fsp3) is 0.658. The van der Waals surface area contributed by atoms with Gasteiger partial charge in [0, 0.05) is 36.2 Å². The van der Waals surface area contributed by atoms with Gasteiger partial charge in [-0.2, -0.15) is 0 Å². The topological polar surface area (TPSA) is 143 Å². The van der Waals surface area contributed by atoms with Gasteiger partial charge in [0.1, 0.15) is 6.10 Å². The summed E-state index contributed by atoms with van der Waals surface area (Å²) in [5.74, 6) is 1.98. The Hall–Kier alpha value is -2.60. The molecule has 264 valence electrons. The van der Waals surface area contributed by atoms with E-state index in [-0.39, 0.29) is 41.8 Å². The van der Waals surface area contributed by atoms with Gasteiger partial charge in [-0.3, -0.25) is 9.69 Å². The number of likely N-dealkylation sites (tertiary alicyclic amines) is 2. The van der Waals surface area contributed by atoms with E-state index < -0.39 is 40.3 Å². The van der Waals surface area contributed by atoms with Crippen LogP contribution in [0.5, 0.6) is 23.0 Å². The highest BCUT2D eigenvalue weighted by Crippen LogP contribution is 2.66. The zero-order chi connectivity index (χ0) is 33.0. The van der Waals surface area contributed by atoms with E-state index in [1.54, 1.807) is 12.1 Å². The molecule has 9 atom stereocenters. The zero-order valence-corrected chi connectivity index (χ0v) is 28.8. The summed E-state index contributed by atoms with van der Waals surface area (Å²) in [5, 5.41) is 55.0. The Morgan fingerprint density at radius 3 is 2.14 bits per heavy atom. The maximum Gasteiger partial charge on any atom is 0.174 e. The van der Waals surface area contributed by atoms with Gasteiger partial charge in [-0.15, -0.1) is 12.4 Å². The Bertz CT molecular complexity index is 1750. The number of aromatic hydroxyl groups is 2. The number of halogens is 1. The van der Waals surface area contributed by atoms with E-state index in [1.165, 1.54) is 24.8 Å². The van der Waals surface area contributed by atoms with Crippen LogP contribution in [0.1, 0.15) is 80.0 Å². The van der Waals surface area contributed by atoms with Gasteiger partial charge in [-0.1, -0.05) is 18.6 Å². The van der Waals surface area contributed by atoms with Gasteiger partial charge in [0.2, 0.25) is 0 Å². The number of hydrogen-bond donors (Lipinski definition) is 5. The van der Waals surface area contributed by atoms with Crippen molar-refractivity contribution in [2.45, 2.75) is 123 Å². The second kappa shape index (κ2) is 10.5. The van der Waals surface area contributed by atoms with Crippen LogP contribution in [0.4, 0.5) is 0 Å². The van der Waals surface area contributed by atoms with E-state index >= 15 is 0 Å². The number of ketones is 1. The highest BCUT2D eigenvalue weighted by atomic mass is 35.5. The standard InChI is InChI=1S/C21H27NO4.C17H19NO4.ClH/c23-14-5-4-13-10-16-21(25)7-6-15(24)19-20(21,17(13)18(14)26-19)8-9-22(16)11-12-2-1-3-12;1-18-7-6-16-13-9-2-3-10(19)14(13)22-15(16)11(20)4-5-17(16,21)12(18)8-9;/h4-5,12,15-16,19,23-25H,1-3,6-11H2;2-3,12,15,19,21H,4-8H2,1H3;1H/t15-,16+,19-,20-,21+;12-,15+,16+,17-;/m01./s1. The summed E-state index contributed by atoms with van der Waals surface area (Å²) in [7, 11) is 2.04. The minimum Gasteiger partial charge on any atom is -0.504 e. The number of Topliss-reactive ketones (excluding diaryl/α,β-unsaturated/α-hetero) is 1. The molecule has 11 rings (SSSR count). The van der Waals surface area contributed by atoms with Crippen LogP contribution in [0.3, 0.4) is 0 Å². The molecule has 11 heteroatoms. The van der Waals surface area contributed by atoms with Crippen LogP contribution >= 0.6 is 12.4 Å². The van der Waals surface area contributed by atoms with Gasteiger partial charge in [0.15, 0.2) is 34.9 Å². The Morgan fingerprint density at radius 1 is 0.816 bits per heavy atom. The maximum atomic E-state index is 12.5. The fourth-order valence-electron chi connectivity index (χ4n) is 12.4. The number of rotatable bonds is 2. The minimum atomic E-state index is -0.954. The van der Waals surface area contributed by atoms with E-state index in [0.717, 1.165) is 61.5 Å². The molecule has 2 aromatic carbocycles. The van der Waals surface area contributed by atoms with Crippen LogP contribution in [0.25, 0.3) is 0 Å². The molecule has 0 unspecified atom stereocenters. The molecule has 5 fully saturated rings. The summed E-state index contributed by atoms with van der Waals surface area (Å²) in [6.07, 6.45) is 7.29. The Kier molecular flexibility index (Phi) is 6.91. The van der Waals surface area contributed by atoms with Crippen LogP contribution in [-0.4, -0.2) is 109 Å². The van der Waals surface area contributed by atoms with E-state index in [4.69, 9.17) is 9.47 Å². The van der Waals surface area contributed by atoms with Crippen LogP contribution in [0.15, 0.2) is 24.3 Å². The van der Waals surface area contributed by atoms with Crippen LogP contribution < -0.4 is 9.47 Å². The van der Waals surface area contributed by atoms with Crippen LogP contribution in [0.2, 0.25) is 0 Å². The predicted molar refractivity (Wildman–Crippen MR) is 181 cm³/mol. The lowest BCUT2D eigenvalue weighted by Crippen LogP contribution is -2.77. The molecular formula is C38H47ClN2O8. The number of aliphatic hydroxyl groups is 3. The lowest BCUT2D eigenvalue weighted by atomic mass is 9.48. The molecule has 0 aromatic heterocycles. The molecule has 4 bridgehead atoms. The first-order chi connectivity index (χ1) is 23.0. The first-order valence-electron chi connectivity index (χ1n) is 18.2. The summed E-state index contributed by atoms with van der Waals surface area (Å²) in [5.41, 5.74) is 1.08. The number of phenols is 2. The van der Waals surface area contributed by atoms with Gasteiger partial charge in [0.05, 0.1) is 28.1 Å². The first kappa shape index (κ1) is 32.3. The van der Waals surface area contributed by atoms with Crippen LogP contribution in [-0.2, 0) is 28.5 Å². The number of nitrogens with zero attached hydrogens (tertiary/aromatic N) is 2. The summed E-state index contributed by atoms with van der Waals surface area (Å²) < 4.78 is 12.1. The molecule has 5 aliphatic carbocycles. The molecule has 49 heavy (non-hydrogen) atoms. The lowest BCUT2D eigenvalue weighted by Gasteiger charge is -2.64. The Morgan fingerprint density at radius 2 is 1.45 bits per heavy atom. The first-order valence-corrected chi connectivity index (χ1v) is 18.2. The van der Waals surface area contributed by atoms with Gasteiger partial charge < -0.3 is 39.9 Å². The van der Waals surface area contributed by atoms with Crippen LogP contribution in [0, 0.1) is 5.92 Å². The Balaban J connectivity index is 0.000000132. The predicted octanol–water partition coefficient (Wildman–Crippen LogP) is 2.87. The molecule has 4 heterocycles. The second-order valence-electron chi connectivity index (χ2n) is 16.5. The van der Waals surface area contributed by atoms with Crippen molar-refractivity contribution in [2.75, 3.05) is 26.7 Å². The van der Waals surface area contributed by atoms with E-state index in [9.17, 15) is 30.3 Å². The average Bonchev–Trinajstić information content (AvgIpc) is 3.59. The van der Waals surface area contributed by atoms with Gasteiger partial charge in [0.25, 0.3) is 0 Å². The van der Waals surface area contributed by atoms with Crippen molar-refractivity contribution < 1.29 is 39.8 Å². The van der Waals surface area contributed by atoms with Crippen molar-refractivity contribution in [3.8, 4) is 23.0 Å². The molecular weight excluding hydrogens is 648 g/mol. The number of aliphatic hydroxyl groups excluding tert-OH is 1. The monoisotopic (exact) mass is 694 g/mol. The van der Waals surface area contributed by atoms with E-state index in [1.807, 2.05) is 19.2 Å². The number of ether oxygens (including phenoxy) is 2. The largest absolute Gasteiger partial charge is 0.504 e. The third kappa shape index (κ3) is 3.73. The molecule has 9 aliphatic rings. The smallest absolute Gasteiger partial charge is 0.174 e. The SMILES string of the molecule is CN1CC[C@]23c4c5ccc(O)c4O[C@H]2C(=O)CC[C@@]3(O)[C@H]1C5.Cl.Oc1ccc2c3c1O[C@H]1[C@@H](O)CC[C@@]4(O)[C@@H](C2)N(CC2CCC2)CC[C@]314. The highest BCUT2D eigenvalue weighted by molar-refractivity contribution is 5.90. The summed E-state index contributed by atoms with van der Waals surface area (Å²) in [6.45, 7) is 2.84. The van der Waals surface area contributed by atoms with Crippen molar-refractivity contribution in [1.29, 1.82) is 0 Å². The maximum absolute atomic E-state index is 12.5. The molecule has 2 aromatic rings. The van der Waals surface area contributed by atoms with Crippen molar-refractivity contribution in [3.63, 3.8) is 0 Å². The molecule has 0 radical (unpaired) electrons. The number of hydrogen-bond acceptors (Lipinski definition) is 10. The molecule has 2 saturated heterocycles. The van der Waals surface area contributed by atoms with Gasteiger partial charge in [-0.25, -0.2) is 0 Å². The minimum absolute atomic E-state index is 0. The molecule has 3 saturated carbocycles. The quantitative estimate of drug-likeness (QED) is 0.319. The normalized spacial score (nSPS) is 42.0. The third-order valence-electron chi connectivity index (χ3n) is 14.8. The number of carbonyl (C=O) groups excluding carboxylic acids is 1. The summed E-state index contributed by atoms with van der Waals surface area (Å²) >= 11 is 0. The number of likely N-dealkylation sites (N-methyl/N-ethyl adjacent to an activating group) is 1. The summed E-state index contributed by atoms with van der Waals surface area (Å²) in [6, 6.07) is 7.37. The van der Waals surface area contributed by atoms with E-state index in [2.05, 4.69) is 9.80 Å². The summed E-state index contributed by atoms with van der Waals surface area (Å²) in [4.78, 5) is 17.3. The molecule has 5 N–H and O–H groups in total. The Labute approximate surface area is 292 Å². The second-order valence-corrected chi connectivity index (χ2v) is 16.5. The number of phenolic OH excluding ortho intramolecular Hbond substituents is 2. The number of carbonyl (C=O) groups is 1. The fourth-order valence-corrected chi connectivity index (χ4v) is 12.4. The highest BCUT2D eigenvalue weighted by Gasteiger charge is 2.74. The molecule has 2 spiro atoms. The molecule has 10 nitrogen and oxygen atoms in total. The molecule has 4 aliphatic heterocycles. The lowest BCUT2D eigenvalue weighted by molar-refractivity contribution is -0.209. The van der Waals surface area contributed by atoms with Gasteiger partial charge >= 0.3 is 0 Å². The van der Waals surface area contributed by atoms with Gasteiger partial charge in [-0.05, 0) is 107 Å². The van der Waals surface area contributed by atoms with Crippen molar-refractivity contribution >= 4 is 18.2 Å². The zero-order valence-electron chi connectivity index (χ0n) is 27.9. The van der Waals surface area contributed by atoms with Crippen molar-refractivity contribution in [2.24, 2.45) is 5.92 Å².